The van der Waals surface area contributed by atoms with E-state index in [1.54, 1.807) is 4.57 Å². The van der Waals surface area contributed by atoms with E-state index in [9.17, 15) is 23.3 Å². The Morgan fingerprint density at radius 3 is 2.41 bits per heavy atom. The molecule has 1 saturated heterocycles. The van der Waals surface area contributed by atoms with Crippen molar-refractivity contribution < 1.29 is 37.0 Å². The molecule has 0 bridgehead atoms. The lowest BCUT2D eigenvalue weighted by Crippen LogP contribution is -2.38. The molecule has 10 nitrogen and oxygen atoms in total. The lowest BCUT2D eigenvalue weighted by Gasteiger charge is -2.34. The molecule has 2 aliphatic rings. The zero-order valence-electron chi connectivity index (χ0n) is 21.1. The van der Waals surface area contributed by atoms with Crippen LogP contribution in [0, 0.1) is 17.0 Å². The second-order valence-electron chi connectivity index (χ2n) is 9.44. The Morgan fingerprint density at radius 2 is 1.74 bits per heavy atom. The first-order valence-corrected chi connectivity index (χ1v) is 12.5. The molecule has 3 heterocycles. The summed E-state index contributed by atoms with van der Waals surface area (Å²) >= 11 is 0. The molecular formula is C26H27F3N4O6. The number of piperidine rings is 1. The Bertz CT molecular complexity index is 1310. The van der Waals surface area contributed by atoms with Crippen molar-refractivity contribution in [2.75, 3.05) is 24.6 Å². The molecule has 2 aromatic carbocycles. The van der Waals surface area contributed by atoms with Crippen molar-refractivity contribution in [3.63, 3.8) is 0 Å². The van der Waals surface area contributed by atoms with Gasteiger partial charge in [0.05, 0.1) is 0 Å². The topological polar surface area (TPSA) is 101 Å². The molecule has 1 fully saturated rings. The quantitative estimate of drug-likeness (QED) is 0.277. The molecule has 0 N–H and O–H groups in total. The van der Waals surface area contributed by atoms with E-state index in [4.69, 9.17) is 14.2 Å². The summed E-state index contributed by atoms with van der Waals surface area (Å²) in [5, 5.41) is 10.9. The predicted molar refractivity (Wildman–Crippen MR) is 134 cm³/mol. The zero-order chi connectivity index (χ0) is 27.6. The molecule has 0 saturated carbocycles. The van der Waals surface area contributed by atoms with Gasteiger partial charge in [0, 0.05) is 49.6 Å². The van der Waals surface area contributed by atoms with Crippen LogP contribution in [0.2, 0.25) is 0 Å². The maximum atomic E-state index is 12.3. The third kappa shape index (κ3) is 6.65. The summed E-state index contributed by atoms with van der Waals surface area (Å²) in [6.07, 6.45) is -1.45. The van der Waals surface area contributed by atoms with Crippen molar-refractivity contribution in [3.8, 4) is 23.3 Å². The monoisotopic (exact) mass is 548 g/mol. The van der Waals surface area contributed by atoms with Crippen LogP contribution in [0.5, 0.6) is 23.3 Å². The Hall–Kier alpha value is -4.16. The van der Waals surface area contributed by atoms with Gasteiger partial charge < -0.3 is 34.0 Å². The van der Waals surface area contributed by atoms with Crippen LogP contribution in [-0.4, -0.2) is 52.7 Å². The first kappa shape index (κ1) is 26.4. The molecule has 1 atom stereocenters. The number of aromatic nitrogens is 2. The normalized spacial score (nSPS) is 17.7. The van der Waals surface area contributed by atoms with E-state index in [1.165, 1.54) is 30.5 Å². The van der Waals surface area contributed by atoms with E-state index >= 15 is 0 Å². The summed E-state index contributed by atoms with van der Waals surface area (Å²) < 4.78 is 60.2. The van der Waals surface area contributed by atoms with Gasteiger partial charge in [0.2, 0.25) is 0 Å². The SMILES string of the molecule is Cc1cc(OCC2CCn3cc([N+](=O)[O-])nc3O2)ccc1N1CCC(Oc2ccc(OC(F)(F)F)cc2)CC1. The Kier molecular flexibility index (Phi) is 7.40. The van der Waals surface area contributed by atoms with Gasteiger partial charge in [-0.3, -0.25) is 4.57 Å². The van der Waals surface area contributed by atoms with Gasteiger partial charge >= 0.3 is 18.2 Å². The molecule has 0 amide bonds. The Labute approximate surface area is 222 Å². The highest BCUT2D eigenvalue weighted by atomic mass is 19.4. The average molecular weight is 549 g/mol. The van der Waals surface area contributed by atoms with Crippen molar-refractivity contribution in [2.24, 2.45) is 0 Å². The van der Waals surface area contributed by atoms with Crippen molar-refractivity contribution in [1.82, 2.24) is 9.55 Å². The number of anilines is 1. The smallest absolute Gasteiger partial charge is 0.490 e. The fourth-order valence-electron chi connectivity index (χ4n) is 4.72. The molecule has 0 aliphatic carbocycles. The number of hydrogen-bond acceptors (Lipinski definition) is 8. The highest BCUT2D eigenvalue weighted by Crippen LogP contribution is 2.31. The van der Waals surface area contributed by atoms with Crippen LogP contribution in [0.3, 0.4) is 0 Å². The standard InChI is InChI=1S/C26H27F3N4O6/c1-17-14-21(36-16-22-10-13-32-15-24(33(34)35)30-25(32)38-22)6-7-23(17)31-11-8-19(9-12-31)37-18-2-4-20(5-3-18)39-26(27,28)29/h2-7,14-15,19,22H,8-13,16H2,1H3. The van der Waals surface area contributed by atoms with E-state index in [0.717, 1.165) is 37.2 Å². The molecular weight excluding hydrogens is 521 g/mol. The Morgan fingerprint density at radius 1 is 1.05 bits per heavy atom. The van der Waals surface area contributed by atoms with E-state index in [2.05, 4.69) is 14.6 Å². The highest BCUT2D eigenvalue weighted by Gasteiger charge is 2.31. The van der Waals surface area contributed by atoms with Gasteiger partial charge in [0.15, 0.2) is 0 Å². The fourth-order valence-corrected chi connectivity index (χ4v) is 4.72. The van der Waals surface area contributed by atoms with Gasteiger partial charge in [0.1, 0.15) is 42.3 Å². The van der Waals surface area contributed by atoms with E-state index in [-0.39, 0.29) is 29.8 Å². The van der Waals surface area contributed by atoms with E-state index < -0.39 is 11.3 Å². The molecule has 208 valence electrons. The predicted octanol–water partition coefficient (Wildman–Crippen LogP) is 5.28. The largest absolute Gasteiger partial charge is 0.573 e. The minimum absolute atomic E-state index is 0.0360. The van der Waals surface area contributed by atoms with Crippen LogP contribution in [-0.2, 0) is 6.54 Å². The third-order valence-electron chi connectivity index (χ3n) is 6.63. The number of imidazole rings is 1. The minimum atomic E-state index is -4.72. The maximum absolute atomic E-state index is 12.3. The molecule has 0 spiro atoms. The van der Waals surface area contributed by atoms with Crippen molar-refractivity contribution in [2.45, 2.75) is 51.3 Å². The Balaban J connectivity index is 1.09. The molecule has 1 aromatic heterocycles. The lowest BCUT2D eigenvalue weighted by atomic mass is 10.0. The van der Waals surface area contributed by atoms with Gasteiger partial charge in [-0.25, -0.2) is 0 Å². The minimum Gasteiger partial charge on any atom is -0.490 e. The second-order valence-corrected chi connectivity index (χ2v) is 9.44. The van der Waals surface area contributed by atoms with Gasteiger partial charge in [0.25, 0.3) is 0 Å². The summed E-state index contributed by atoms with van der Waals surface area (Å²) in [6, 6.07) is 11.6. The zero-order valence-corrected chi connectivity index (χ0v) is 21.1. The second kappa shape index (κ2) is 10.9. The van der Waals surface area contributed by atoms with Crippen LogP contribution in [0.15, 0.2) is 48.7 Å². The van der Waals surface area contributed by atoms with Crippen molar-refractivity contribution >= 4 is 11.5 Å². The molecule has 5 rings (SSSR count). The number of ether oxygens (including phenoxy) is 4. The van der Waals surface area contributed by atoms with Gasteiger partial charge in [-0.05, 0) is 59.9 Å². The summed E-state index contributed by atoms with van der Waals surface area (Å²) in [5.41, 5.74) is 2.15. The van der Waals surface area contributed by atoms with Gasteiger partial charge in [-0.15, -0.1) is 13.2 Å². The number of rotatable bonds is 8. The number of halogens is 3. The number of hydrogen-bond donors (Lipinski definition) is 0. The molecule has 0 radical (unpaired) electrons. The van der Waals surface area contributed by atoms with E-state index in [1.807, 2.05) is 25.1 Å². The summed E-state index contributed by atoms with van der Waals surface area (Å²) in [7, 11) is 0. The lowest BCUT2D eigenvalue weighted by molar-refractivity contribution is -0.389. The number of alkyl halides is 3. The highest BCUT2D eigenvalue weighted by molar-refractivity contribution is 5.56. The summed E-state index contributed by atoms with van der Waals surface area (Å²) in [6.45, 7) is 4.43. The number of aryl methyl sites for hydroxylation is 2. The van der Waals surface area contributed by atoms with Crippen molar-refractivity contribution in [3.05, 3.63) is 64.3 Å². The number of nitro groups is 1. The van der Waals surface area contributed by atoms with E-state index in [0.29, 0.717) is 31.1 Å². The molecule has 2 aliphatic heterocycles. The molecule has 3 aromatic rings. The number of benzene rings is 2. The van der Waals surface area contributed by atoms with Gasteiger partial charge in [-0.1, -0.05) is 0 Å². The molecule has 1 unspecified atom stereocenters. The number of fused-ring (bicyclic) bond motifs is 1. The number of nitrogens with zero attached hydrogens (tertiary/aromatic N) is 4. The fraction of sp³-hybridized carbons (Fsp3) is 0.423. The molecule has 13 heteroatoms. The van der Waals surface area contributed by atoms with Crippen LogP contribution < -0.4 is 23.8 Å². The van der Waals surface area contributed by atoms with Crippen molar-refractivity contribution in [1.29, 1.82) is 0 Å². The first-order valence-electron chi connectivity index (χ1n) is 12.5. The molecule has 39 heavy (non-hydrogen) atoms. The average Bonchev–Trinajstić information content (AvgIpc) is 3.33. The first-order chi connectivity index (χ1) is 18.6. The third-order valence-corrected chi connectivity index (χ3v) is 6.63. The van der Waals surface area contributed by atoms with Gasteiger partial charge in [-0.2, -0.15) is 0 Å². The summed E-state index contributed by atoms with van der Waals surface area (Å²) in [4.78, 5) is 16.6. The van der Waals surface area contributed by atoms with Crippen LogP contribution in [0.25, 0.3) is 0 Å². The van der Waals surface area contributed by atoms with Crippen LogP contribution >= 0.6 is 0 Å². The van der Waals surface area contributed by atoms with Crippen LogP contribution in [0.1, 0.15) is 24.8 Å². The summed E-state index contributed by atoms with van der Waals surface area (Å²) in [5.74, 6) is 0.694. The maximum Gasteiger partial charge on any atom is 0.573 e. The van der Waals surface area contributed by atoms with Crippen LogP contribution in [0.4, 0.5) is 24.7 Å².